The number of hydrogen-bond donors (Lipinski definition) is 1. The van der Waals surface area contributed by atoms with E-state index in [1.54, 1.807) is 0 Å². The Labute approximate surface area is 119 Å². The van der Waals surface area contributed by atoms with Crippen molar-refractivity contribution in [3.05, 3.63) is 83.4 Å². The van der Waals surface area contributed by atoms with Gasteiger partial charge in [0.2, 0.25) is 0 Å². The standard InChI is InChI=1S/C19H17N/c1-2-6-15-11-16(10-9-14(15)5-1)19-13-20-12-17-7-3-4-8-18(17)19/h1-11,19-20H,12-13H2/t19-/m0/s1. The normalized spacial score (nSPS) is 17.9. The Hall–Kier alpha value is -2.12. The summed E-state index contributed by atoms with van der Waals surface area (Å²) >= 11 is 0. The Kier molecular flexibility index (Phi) is 2.79. The van der Waals surface area contributed by atoms with E-state index in [1.807, 2.05) is 0 Å². The molecule has 20 heavy (non-hydrogen) atoms. The second-order valence-corrected chi connectivity index (χ2v) is 5.49. The summed E-state index contributed by atoms with van der Waals surface area (Å²) < 4.78 is 0. The van der Waals surface area contributed by atoms with E-state index in [0.29, 0.717) is 5.92 Å². The fraction of sp³-hybridized carbons (Fsp3) is 0.158. The van der Waals surface area contributed by atoms with Crippen molar-refractivity contribution in [3.63, 3.8) is 0 Å². The third kappa shape index (κ3) is 1.91. The Bertz CT molecular complexity index is 760. The van der Waals surface area contributed by atoms with Gasteiger partial charge in [-0.1, -0.05) is 66.7 Å². The average Bonchev–Trinajstić information content (AvgIpc) is 2.54. The van der Waals surface area contributed by atoms with Crippen LogP contribution in [0.15, 0.2) is 66.7 Å². The fourth-order valence-corrected chi connectivity index (χ4v) is 3.22. The van der Waals surface area contributed by atoms with Gasteiger partial charge in [-0.05, 0) is 27.5 Å². The largest absolute Gasteiger partial charge is 0.312 e. The van der Waals surface area contributed by atoms with Crippen LogP contribution in [0.2, 0.25) is 0 Å². The first-order valence-electron chi connectivity index (χ1n) is 7.19. The zero-order chi connectivity index (χ0) is 13.4. The van der Waals surface area contributed by atoms with Crippen molar-refractivity contribution in [3.8, 4) is 0 Å². The summed E-state index contributed by atoms with van der Waals surface area (Å²) in [6, 6.07) is 24.2. The maximum Gasteiger partial charge on any atom is 0.0218 e. The van der Waals surface area contributed by atoms with Gasteiger partial charge >= 0.3 is 0 Å². The second-order valence-electron chi connectivity index (χ2n) is 5.49. The van der Waals surface area contributed by atoms with Crippen molar-refractivity contribution >= 4 is 10.8 Å². The van der Waals surface area contributed by atoms with Gasteiger partial charge in [-0.3, -0.25) is 0 Å². The minimum atomic E-state index is 0.463. The Balaban J connectivity index is 1.84. The molecule has 0 aliphatic carbocycles. The molecule has 4 rings (SSSR count). The number of benzene rings is 3. The van der Waals surface area contributed by atoms with Crippen LogP contribution >= 0.6 is 0 Å². The first kappa shape index (κ1) is 11.7. The van der Waals surface area contributed by atoms with Gasteiger partial charge in [0.15, 0.2) is 0 Å². The van der Waals surface area contributed by atoms with Gasteiger partial charge in [-0.25, -0.2) is 0 Å². The van der Waals surface area contributed by atoms with Crippen LogP contribution in [0, 0.1) is 0 Å². The lowest BCUT2D eigenvalue weighted by Crippen LogP contribution is -2.28. The van der Waals surface area contributed by atoms with Gasteiger partial charge in [0.25, 0.3) is 0 Å². The maximum absolute atomic E-state index is 3.54. The number of rotatable bonds is 1. The highest BCUT2D eigenvalue weighted by atomic mass is 14.9. The van der Waals surface area contributed by atoms with Gasteiger partial charge in [0.05, 0.1) is 0 Å². The molecular weight excluding hydrogens is 242 g/mol. The first-order chi connectivity index (χ1) is 9.92. The monoisotopic (exact) mass is 259 g/mol. The average molecular weight is 259 g/mol. The smallest absolute Gasteiger partial charge is 0.0218 e. The molecule has 1 aliphatic rings. The summed E-state index contributed by atoms with van der Waals surface area (Å²) in [7, 11) is 0. The Morgan fingerprint density at radius 3 is 2.55 bits per heavy atom. The van der Waals surface area contributed by atoms with Crippen molar-refractivity contribution in [1.82, 2.24) is 5.32 Å². The minimum Gasteiger partial charge on any atom is -0.312 e. The van der Waals surface area contributed by atoms with Crippen molar-refractivity contribution in [2.75, 3.05) is 6.54 Å². The van der Waals surface area contributed by atoms with Crippen LogP contribution in [-0.2, 0) is 6.54 Å². The Morgan fingerprint density at radius 2 is 1.60 bits per heavy atom. The van der Waals surface area contributed by atoms with Gasteiger partial charge in [-0.15, -0.1) is 0 Å². The van der Waals surface area contributed by atoms with Crippen LogP contribution in [0.1, 0.15) is 22.6 Å². The molecule has 0 bridgehead atoms. The molecule has 0 spiro atoms. The molecule has 1 atom stereocenters. The van der Waals surface area contributed by atoms with E-state index < -0.39 is 0 Å². The van der Waals surface area contributed by atoms with Crippen LogP contribution in [0.25, 0.3) is 10.8 Å². The van der Waals surface area contributed by atoms with Crippen LogP contribution in [0.3, 0.4) is 0 Å². The molecule has 0 saturated carbocycles. The summed E-state index contributed by atoms with van der Waals surface area (Å²) in [6.45, 7) is 2.01. The van der Waals surface area contributed by atoms with E-state index in [2.05, 4.69) is 72.0 Å². The third-order valence-corrected chi connectivity index (χ3v) is 4.27. The summed E-state index contributed by atoms with van der Waals surface area (Å²) in [6.07, 6.45) is 0. The molecule has 1 heterocycles. The van der Waals surface area contributed by atoms with Gasteiger partial charge in [-0.2, -0.15) is 0 Å². The lowest BCUT2D eigenvalue weighted by Gasteiger charge is -2.27. The van der Waals surface area contributed by atoms with E-state index in [0.717, 1.165) is 13.1 Å². The predicted octanol–water partition coefficient (Wildman–Crippen LogP) is 4.07. The Morgan fingerprint density at radius 1 is 0.800 bits per heavy atom. The van der Waals surface area contributed by atoms with E-state index in [9.17, 15) is 0 Å². The molecule has 1 aliphatic heterocycles. The van der Waals surface area contributed by atoms with E-state index in [4.69, 9.17) is 0 Å². The van der Waals surface area contributed by atoms with Gasteiger partial charge in [0.1, 0.15) is 0 Å². The highest BCUT2D eigenvalue weighted by Gasteiger charge is 2.20. The zero-order valence-electron chi connectivity index (χ0n) is 11.3. The number of fused-ring (bicyclic) bond motifs is 2. The van der Waals surface area contributed by atoms with Crippen LogP contribution in [-0.4, -0.2) is 6.54 Å². The van der Waals surface area contributed by atoms with E-state index >= 15 is 0 Å². The first-order valence-corrected chi connectivity index (χ1v) is 7.19. The highest BCUT2D eigenvalue weighted by Crippen LogP contribution is 2.31. The van der Waals surface area contributed by atoms with Gasteiger partial charge < -0.3 is 5.32 Å². The molecule has 0 aromatic heterocycles. The van der Waals surface area contributed by atoms with Crippen molar-refractivity contribution in [2.45, 2.75) is 12.5 Å². The molecular formula is C19H17N. The summed E-state index contributed by atoms with van der Waals surface area (Å²) in [5.74, 6) is 0.463. The second kappa shape index (κ2) is 4.77. The van der Waals surface area contributed by atoms with Crippen molar-refractivity contribution in [2.24, 2.45) is 0 Å². The summed E-state index contributed by atoms with van der Waals surface area (Å²) in [5, 5.41) is 6.18. The topological polar surface area (TPSA) is 12.0 Å². The van der Waals surface area contributed by atoms with Gasteiger partial charge in [0, 0.05) is 19.0 Å². The van der Waals surface area contributed by atoms with Crippen molar-refractivity contribution in [1.29, 1.82) is 0 Å². The molecule has 0 saturated heterocycles. The fourth-order valence-electron chi connectivity index (χ4n) is 3.22. The summed E-state index contributed by atoms with van der Waals surface area (Å²) in [5.41, 5.74) is 4.31. The molecule has 0 amide bonds. The van der Waals surface area contributed by atoms with E-state index in [-0.39, 0.29) is 0 Å². The minimum absolute atomic E-state index is 0.463. The SMILES string of the molecule is c1ccc2c(c1)CNC[C@H]2c1ccc2ccccc2c1. The molecule has 1 nitrogen and oxygen atoms in total. The molecule has 0 fully saturated rings. The number of nitrogens with one attached hydrogen (secondary N) is 1. The molecule has 1 heteroatoms. The lowest BCUT2D eigenvalue weighted by molar-refractivity contribution is 0.592. The molecule has 0 radical (unpaired) electrons. The lowest BCUT2D eigenvalue weighted by atomic mass is 9.85. The summed E-state index contributed by atoms with van der Waals surface area (Å²) in [4.78, 5) is 0. The molecule has 3 aromatic carbocycles. The molecule has 98 valence electrons. The number of hydrogen-bond acceptors (Lipinski definition) is 1. The third-order valence-electron chi connectivity index (χ3n) is 4.27. The molecule has 3 aromatic rings. The van der Waals surface area contributed by atoms with Crippen molar-refractivity contribution < 1.29 is 0 Å². The van der Waals surface area contributed by atoms with E-state index in [1.165, 1.54) is 27.5 Å². The zero-order valence-corrected chi connectivity index (χ0v) is 11.3. The highest BCUT2D eigenvalue weighted by molar-refractivity contribution is 5.83. The van der Waals surface area contributed by atoms with Crippen LogP contribution in [0.5, 0.6) is 0 Å². The predicted molar refractivity (Wildman–Crippen MR) is 83.9 cm³/mol. The van der Waals surface area contributed by atoms with Crippen LogP contribution in [0.4, 0.5) is 0 Å². The van der Waals surface area contributed by atoms with Crippen LogP contribution < -0.4 is 5.32 Å². The maximum atomic E-state index is 3.54. The molecule has 0 unspecified atom stereocenters. The quantitative estimate of drug-likeness (QED) is 0.694. The molecule has 1 N–H and O–H groups in total.